The average molecular weight is 315 g/mol. The molecule has 1 heterocycles. The number of oxime groups is 1. The Morgan fingerprint density at radius 1 is 1.38 bits per heavy atom. The number of rotatable bonds is 3. The lowest BCUT2D eigenvalue weighted by molar-refractivity contribution is 0.283. The minimum atomic E-state index is -2.97. The number of nitrogens with zero attached hydrogens (tertiary/aromatic N) is 2. The van der Waals surface area contributed by atoms with Crippen LogP contribution in [0.2, 0.25) is 0 Å². The predicted octanol–water partition coefficient (Wildman–Crippen LogP) is 0.541. The van der Waals surface area contributed by atoms with Crippen molar-refractivity contribution >= 4 is 15.7 Å². The topological polar surface area (TPSA) is 96.0 Å². The summed E-state index contributed by atoms with van der Waals surface area (Å²) in [5, 5.41) is 11.4. The lowest BCUT2D eigenvalue weighted by atomic mass is 10.1. The zero-order valence-electron chi connectivity index (χ0n) is 11.5. The lowest BCUT2D eigenvalue weighted by Crippen LogP contribution is -2.27. The Kier molecular flexibility index (Phi) is 4.79. The van der Waals surface area contributed by atoms with E-state index in [9.17, 15) is 12.8 Å². The van der Waals surface area contributed by atoms with Gasteiger partial charge in [0.25, 0.3) is 0 Å². The first-order valence-corrected chi connectivity index (χ1v) is 8.42. The van der Waals surface area contributed by atoms with Crippen molar-refractivity contribution < 1.29 is 18.0 Å². The van der Waals surface area contributed by atoms with Crippen LogP contribution in [0.25, 0.3) is 0 Å². The van der Waals surface area contributed by atoms with E-state index >= 15 is 0 Å². The molecule has 1 fully saturated rings. The SMILES string of the molecule is N/C(=N/O)c1ccc(CN2CCCS(=O)(=O)CC2)c(F)c1. The van der Waals surface area contributed by atoms with Crippen LogP contribution >= 0.6 is 0 Å². The first-order valence-electron chi connectivity index (χ1n) is 6.60. The van der Waals surface area contributed by atoms with Gasteiger partial charge in [0.05, 0.1) is 11.5 Å². The number of benzene rings is 1. The molecular weight excluding hydrogens is 297 g/mol. The summed E-state index contributed by atoms with van der Waals surface area (Å²) in [7, 11) is -2.97. The molecule has 116 valence electrons. The molecular formula is C13H18FN3O3S. The Morgan fingerprint density at radius 3 is 2.81 bits per heavy atom. The van der Waals surface area contributed by atoms with E-state index in [-0.39, 0.29) is 17.3 Å². The van der Waals surface area contributed by atoms with E-state index in [0.717, 1.165) is 0 Å². The van der Waals surface area contributed by atoms with Crippen LogP contribution in [-0.4, -0.2) is 49.0 Å². The summed E-state index contributed by atoms with van der Waals surface area (Å²) >= 11 is 0. The van der Waals surface area contributed by atoms with Gasteiger partial charge >= 0.3 is 0 Å². The maximum absolute atomic E-state index is 14.0. The minimum Gasteiger partial charge on any atom is -0.409 e. The third-order valence-electron chi connectivity index (χ3n) is 3.50. The lowest BCUT2D eigenvalue weighted by Gasteiger charge is -2.19. The van der Waals surface area contributed by atoms with Gasteiger partial charge in [-0.15, -0.1) is 0 Å². The normalized spacial score (nSPS) is 20.1. The highest BCUT2D eigenvalue weighted by molar-refractivity contribution is 7.91. The molecule has 1 saturated heterocycles. The van der Waals surface area contributed by atoms with E-state index in [1.807, 2.05) is 4.90 Å². The van der Waals surface area contributed by atoms with Crippen LogP contribution in [0.1, 0.15) is 17.5 Å². The Labute approximate surface area is 123 Å². The molecule has 0 amide bonds. The molecule has 3 N–H and O–H groups in total. The summed E-state index contributed by atoms with van der Waals surface area (Å²) in [6, 6.07) is 4.35. The number of hydrogen-bond donors (Lipinski definition) is 2. The Morgan fingerprint density at radius 2 is 2.14 bits per heavy atom. The first-order chi connectivity index (χ1) is 9.91. The predicted molar refractivity (Wildman–Crippen MR) is 77.5 cm³/mol. The fourth-order valence-corrected chi connectivity index (χ4v) is 3.59. The van der Waals surface area contributed by atoms with Gasteiger partial charge in [-0.3, -0.25) is 4.90 Å². The maximum atomic E-state index is 14.0. The van der Waals surface area contributed by atoms with Crippen LogP contribution in [0.4, 0.5) is 4.39 Å². The summed E-state index contributed by atoms with van der Waals surface area (Å²) in [5.41, 5.74) is 6.17. The van der Waals surface area contributed by atoms with E-state index in [0.29, 0.717) is 37.2 Å². The van der Waals surface area contributed by atoms with Gasteiger partial charge in [-0.25, -0.2) is 12.8 Å². The van der Waals surface area contributed by atoms with Gasteiger partial charge in [0.2, 0.25) is 0 Å². The highest BCUT2D eigenvalue weighted by Crippen LogP contribution is 2.15. The fraction of sp³-hybridized carbons (Fsp3) is 0.462. The number of sulfone groups is 1. The molecule has 0 bridgehead atoms. The highest BCUT2D eigenvalue weighted by atomic mass is 32.2. The molecule has 0 radical (unpaired) electrons. The molecule has 1 aliphatic heterocycles. The van der Waals surface area contributed by atoms with Gasteiger partial charge in [0, 0.05) is 24.2 Å². The van der Waals surface area contributed by atoms with Crippen molar-refractivity contribution in [2.75, 3.05) is 24.6 Å². The molecule has 0 unspecified atom stereocenters. The second kappa shape index (κ2) is 6.40. The zero-order chi connectivity index (χ0) is 15.5. The molecule has 6 nitrogen and oxygen atoms in total. The zero-order valence-corrected chi connectivity index (χ0v) is 12.3. The molecule has 8 heteroatoms. The smallest absolute Gasteiger partial charge is 0.170 e. The van der Waals surface area contributed by atoms with Crippen molar-refractivity contribution in [2.24, 2.45) is 10.9 Å². The number of hydrogen-bond acceptors (Lipinski definition) is 5. The van der Waals surface area contributed by atoms with Crippen molar-refractivity contribution in [2.45, 2.75) is 13.0 Å². The Balaban J connectivity index is 2.09. The Bertz CT molecular complexity index is 646. The van der Waals surface area contributed by atoms with Crippen molar-refractivity contribution in [3.8, 4) is 0 Å². The monoisotopic (exact) mass is 315 g/mol. The minimum absolute atomic E-state index is 0.108. The summed E-state index contributed by atoms with van der Waals surface area (Å²) < 4.78 is 37.1. The van der Waals surface area contributed by atoms with Crippen LogP contribution in [0, 0.1) is 5.82 Å². The van der Waals surface area contributed by atoms with Crippen molar-refractivity contribution in [3.63, 3.8) is 0 Å². The molecule has 0 spiro atoms. The number of halogens is 1. The van der Waals surface area contributed by atoms with E-state index in [4.69, 9.17) is 10.9 Å². The van der Waals surface area contributed by atoms with Crippen molar-refractivity contribution in [3.05, 3.63) is 35.1 Å². The van der Waals surface area contributed by atoms with Gasteiger partial charge in [-0.2, -0.15) is 0 Å². The summed E-state index contributed by atoms with van der Waals surface area (Å²) in [6.45, 7) is 1.38. The second-order valence-electron chi connectivity index (χ2n) is 5.07. The molecule has 0 atom stereocenters. The third kappa shape index (κ3) is 4.15. The van der Waals surface area contributed by atoms with Gasteiger partial charge in [0.15, 0.2) is 15.7 Å². The Hall–Kier alpha value is -1.67. The van der Waals surface area contributed by atoms with Crippen LogP contribution in [0.3, 0.4) is 0 Å². The van der Waals surface area contributed by atoms with Gasteiger partial charge in [0.1, 0.15) is 5.82 Å². The summed E-state index contributed by atoms with van der Waals surface area (Å²) in [5.74, 6) is -0.307. The standard InChI is InChI=1S/C13H18FN3O3S/c14-12-8-10(13(15)16-18)2-3-11(12)9-17-4-1-6-21(19,20)7-5-17/h2-3,8,18H,1,4-7,9H2,(H2,15,16). The third-order valence-corrected chi connectivity index (χ3v) is 5.21. The molecule has 0 aromatic heterocycles. The van der Waals surface area contributed by atoms with Gasteiger partial charge < -0.3 is 10.9 Å². The van der Waals surface area contributed by atoms with Crippen LogP contribution in [-0.2, 0) is 16.4 Å². The summed E-state index contributed by atoms with van der Waals surface area (Å²) in [4.78, 5) is 1.92. The molecule has 21 heavy (non-hydrogen) atoms. The van der Waals surface area contributed by atoms with E-state index in [1.165, 1.54) is 6.07 Å². The number of nitrogens with two attached hydrogens (primary N) is 1. The second-order valence-corrected chi connectivity index (χ2v) is 7.38. The van der Waals surface area contributed by atoms with Crippen molar-refractivity contribution in [1.82, 2.24) is 4.90 Å². The average Bonchev–Trinajstić information content (AvgIpc) is 2.61. The summed E-state index contributed by atoms with van der Waals surface area (Å²) in [6.07, 6.45) is 0.562. The fourth-order valence-electron chi connectivity index (χ4n) is 2.28. The van der Waals surface area contributed by atoms with Gasteiger partial charge in [-0.05, 0) is 19.0 Å². The molecule has 0 saturated carbocycles. The molecule has 1 aromatic rings. The molecule has 2 rings (SSSR count). The molecule has 1 aromatic carbocycles. The largest absolute Gasteiger partial charge is 0.409 e. The van der Waals surface area contributed by atoms with Gasteiger partial charge in [-0.1, -0.05) is 17.3 Å². The van der Waals surface area contributed by atoms with Crippen LogP contribution in [0.15, 0.2) is 23.4 Å². The molecule has 0 aliphatic carbocycles. The van der Waals surface area contributed by atoms with E-state index < -0.39 is 15.7 Å². The van der Waals surface area contributed by atoms with E-state index in [1.54, 1.807) is 12.1 Å². The van der Waals surface area contributed by atoms with Crippen LogP contribution < -0.4 is 5.73 Å². The van der Waals surface area contributed by atoms with E-state index in [2.05, 4.69) is 5.16 Å². The highest BCUT2D eigenvalue weighted by Gasteiger charge is 2.20. The first kappa shape index (κ1) is 15.7. The maximum Gasteiger partial charge on any atom is 0.170 e. The van der Waals surface area contributed by atoms with Crippen molar-refractivity contribution in [1.29, 1.82) is 0 Å². The quantitative estimate of drug-likeness (QED) is 0.367. The number of amidine groups is 1. The van der Waals surface area contributed by atoms with Crippen LogP contribution in [0.5, 0.6) is 0 Å². The molecule has 1 aliphatic rings.